The monoisotopic (exact) mass is 496 g/mol. The minimum absolute atomic E-state index is 0.0185. The van der Waals surface area contributed by atoms with Gasteiger partial charge in [0.15, 0.2) is 11.0 Å². The third-order valence-corrected chi connectivity index (χ3v) is 7.33. The van der Waals surface area contributed by atoms with Gasteiger partial charge in [0.2, 0.25) is 0 Å². The van der Waals surface area contributed by atoms with Crippen LogP contribution in [0, 0.1) is 0 Å². The maximum Gasteiger partial charge on any atom is 0.261 e. The lowest BCUT2D eigenvalue weighted by atomic mass is 9.83. The lowest BCUT2D eigenvalue weighted by Crippen LogP contribution is -2.44. The molecule has 0 saturated carbocycles. The summed E-state index contributed by atoms with van der Waals surface area (Å²) in [5, 5.41) is 10.9. The Balaban J connectivity index is 1.48. The van der Waals surface area contributed by atoms with Gasteiger partial charge in [-0.05, 0) is 48.9 Å². The van der Waals surface area contributed by atoms with E-state index in [1.807, 2.05) is 58.9 Å². The summed E-state index contributed by atoms with van der Waals surface area (Å²) in [5.74, 6) is 1.16. The fourth-order valence-electron chi connectivity index (χ4n) is 4.57. The van der Waals surface area contributed by atoms with E-state index in [2.05, 4.69) is 4.99 Å². The predicted molar refractivity (Wildman–Crippen MR) is 138 cm³/mol. The van der Waals surface area contributed by atoms with Crippen molar-refractivity contribution in [2.75, 3.05) is 6.61 Å². The highest BCUT2D eigenvalue weighted by Crippen LogP contribution is 2.45. The largest absolute Gasteiger partial charge is 0.507 e. The summed E-state index contributed by atoms with van der Waals surface area (Å²) in [6.07, 6.45) is 0.698. The normalized spacial score (nSPS) is 21.8. The summed E-state index contributed by atoms with van der Waals surface area (Å²) in [4.78, 5) is 28.9. The van der Waals surface area contributed by atoms with Crippen molar-refractivity contribution in [3.8, 4) is 17.2 Å². The van der Waals surface area contributed by atoms with Gasteiger partial charge in [0, 0.05) is 11.1 Å². The van der Waals surface area contributed by atoms with Crippen LogP contribution in [0.3, 0.4) is 0 Å². The van der Waals surface area contributed by atoms with Gasteiger partial charge in [0.25, 0.3) is 5.91 Å². The third-order valence-electron chi connectivity index (χ3n) is 6.35. The smallest absolute Gasteiger partial charge is 0.261 e. The number of phenolic OH excluding ortho intramolecular Hbond substituents is 1. The number of aromatic hydroxyl groups is 1. The number of rotatable bonds is 7. The molecule has 0 aliphatic carbocycles. The van der Waals surface area contributed by atoms with Crippen molar-refractivity contribution in [2.24, 2.45) is 10.7 Å². The van der Waals surface area contributed by atoms with E-state index in [9.17, 15) is 14.7 Å². The zero-order chi connectivity index (χ0) is 25.5. The number of hydrogen-bond donors (Lipinski definition) is 2. The molecule has 4 rings (SSSR count). The summed E-state index contributed by atoms with van der Waals surface area (Å²) >= 11 is 1.28. The summed E-state index contributed by atoms with van der Waals surface area (Å²) in [7, 11) is 0. The molecule has 2 unspecified atom stereocenters. The number of fused-ring (bicyclic) bond motifs is 1. The molecule has 2 aromatic carbocycles. The first-order valence-electron chi connectivity index (χ1n) is 11.9. The van der Waals surface area contributed by atoms with Crippen LogP contribution in [0.15, 0.2) is 35.3 Å². The molecule has 2 heterocycles. The van der Waals surface area contributed by atoms with Gasteiger partial charge >= 0.3 is 0 Å². The minimum Gasteiger partial charge on any atom is -0.507 e. The summed E-state index contributed by atoms with van der Waals surface area (Å²) in [6, 6.07) is 9.31. The lowest BCUT2D eigenvalue weighted by molar-refractivity contribution is -0.117. The number of thioether (sulfide) groups is 1. The number of carbonyl (C=O) groups is 2. The van der Waals surface area contributed by atoms with Crippen LogP contribution < -0.4 is 15.2 Å². The van der Waals surface area contributed by atoms with E-state index in [1.165, 1.54) is 11.8 Å². The highest BCUT2D eigenvalue weighted by molar-refractivity contribution is 8.15. The van der Waals surface area contributed by atoms with Gasteiger partial charge in [-0.15, -0.1) is 0 Å². The number of ketones is 1. The van der Waals surface area contributed by atoms with E-state index in [4.69, 9.17) is 15.2 Å². The quantitative estimate of drug-likeness (QED) is 0.558. The van der Waals surface area contributed by atoms with E-state index >= 15 is 0 Å². The Bertz CT molecular complexity index is 1190. The van der Waals surface area contributed by atoms with Crippen molar-refractivity contribution in [1.82, 2.24) is 0 Å². The lowest BCUT2D eigenvalue weighted by Gasteiger charge is -2.36. The summed E-state index contributed by atoms with van der Waals surface area (Å²) < 4.78 is 12.4. The second kappa shape index (κ2) is 9.57. The molecule has 2 aliphatic heterocycles. The molecule has 0 aromatic heterocycles. The van der Waals surface area contributed by atoms with E-state index in [-0.39, 0.29) is 47.6 Å². The average molecular weight is 497 g/mol. The number of nitrogens with two attached hydrogens (primary N) is 1. The molecule has 1 amide bonds. The Morgan fingerprint density at radius 1 is 1.20 bits per heavy atom. The van der Waals surface area contributed by atoms with Crippen LogP contribution in [0.5, 0.6) is 17.2 Å². The van der Waals surface area contributed by atoms with Crippen LogP contribution >= 0.6 is 11.8 Å². The highest BCUT2D eigenvalue weighted by atomic mass is 32.2. The molecule has 0 fully saturated rings. The van der Waals surface area contributed by atoms with Crippen molar-refractivity contribution < 1.29 is 24.2 Å². The number of carbonyl (C=O) groups excluding carboxylic acids is 2. The number of benzene rings is 2. The molecule has 7 nitrogen and oxygen atoms in total. The first kappa shape index (κ1) is 25.1. The van der Waals surface area contributed by atoms with Crippen molar-refractivity contribution in [3.05, 3.63) is 52.6 Å². The van der Waals surface area contributed by atoms with Gasteiger partial charge in [-0.1, -0.05) is 51.6 Å². The Morgan fingerprint density at radius 2 is 1.89 bits per heavy atom. The molecule has 0 bridgehead atoms. The Kier molecular flexibility index (Phi) is 6.86. The van der Waals surface area contributed by atoms with Crippen LogP contribution in [-0.4, -0.2) is 39.4 Å². The van der Waals surface area contributed by atoms with Crippen molar-refractivity contribution in [2.45, 2.75) is 70.1 Å². The second-order valence-electron chi connectivity index (χ2n) is 10.1. The highest BCUT2D eigenvalue weighted by Gasteiger charge is 2.40. The van der Waals surface area contributed by atoms with Gasteiger partial charge in [-0.25, -0.2) is 0 Å². The van der Waals surface area contributed by atoms with Crippen LogP contribution in [0.25, 0.3) is 0 Å². The molecule has 186 valence electrons. The van der Waals surface area contributed by atoms with Gasteiger partial charge < -0.3 is 20.3 Å². The minimum atomic E-state index is -0.843. The molecule has 2 aromatic rings. The summed E-state index contributed by atoms with van der Waals surface area (Å²) in [5.41, 5.74) is 7.68. The molecule has 0 spiro atoms. The number of amidine groups is 1. The topological polar surface area (TPSA) is 111 Å². The number of hydrogen-bond acceptors (Lipinski definition) is 7. The number of ether oxygens (including phenoxy) is 2. The van der Waals surface area contributed by atoms with E-state index in [1.54, 1.807) is 6.07 Å². The molecule has 3 N–H and O–H groups in total. The zero-order valence-electron chi connectivity index (χ0n) is 20.8. The standard InChI is InChI=1S/C27H32N2O5S/c1-14(2)18-11-20-23(22(15(3)4)24(18)31)19(30)12-27(5,34-20)13-33-17-8-6-16(7-9-17)10-21-25(32)29-26(28)35-21/h6-9,11,14-15,21,31H,10,12-13H2,1-5H3,(H2,28,29,32). The van der Waals surface area contributed by atoms with Crippen LogP contribution in [-0.2, 0) is 11.2 Å². The fourth-order valence-corrected chi connectivity index (χ4v) is 5.44. The first-order chi connectivity index (χ1) is 16.5. The Labute approximate surface area is 210 Å². The molecule has 0 radical (unpaired) electrons. The number of phenols is 1. The van der Waals surface area contributed by atoms with Gasteiger partial charge in [-0.2, -0.15) is 4.99 Å². The SMILES string of the molecule is CC(C)c1cc2c(c(C(C)C)c1O)C(=O)CC(C)(COc1ccc(CC3SC(N)=NC3=O)cc1)O2. The molecule has 2 aliphatic rings. The molecule has 35 heavy (non-hydrogen) atoms. The third kappa shape index (κ3) is 5.17. The summed E-state index contributed by atoms with van der Waals surface area (Å²) in [6.45, 7) is 10.0. The Morgan fingerprint density at radius 3 is 2.46 bits per heavy atom. The number of aliphatic imine (C=N–C) groups is 1. The van der Waals surface area contributed by atoms with Crippen LogP contribution in [0.4, 0.5) is 0 Å². The first-order valence-corrected chi connectivity index (χ1v) is 12.7. The number of amides is 1. The predicted octanol–water partition coefficient (Wildman–Crippen LogP) is 4.94. The molecule has 8 heteroatoms. The van der Waals surface area contributed by atoms with Crippen LogP contribution in [0.1, 0.15) is 79.9 Å². The van der Waals surface area contributed by atoms with Gasteiger partial charge in [-0.3, -0.25) is 9.59 Å². The average Bonchev–Trinajstić information content (AvgIpc) is 3.09. The van der Waals surface area contributed by atoms with Crippen molar-refractivity contribution >= 4 is 28.6 Å². The molecular formula is C27H32N2O5S. The van der Waals surface area contributed by atoms with E-state index in [0.717, 1.165) is 11.1 Å². The van der Waals surface area contributed by atoms with Gasteiger partial charge in [0.05, 0.1) is 17.2 Å². The number of Topliss-reactive ketones (excluding diaryl/α,β-unsaturated/α-hetero) is 1. The fraction of sp³-hybridized carbons (Fsp3) is 0.444. The van der Waals surface area contributed by atoms with Crippen molar-refractivity contribution in [1.29, 1.82) is 0 Å². The maximum atomic E-state index is 13.2. The van der Waals surface area contributed by atoms with Crippen LogP contribution in [0.2, 0.25) is 0 Å². The number of nitrogens with zero attached hydrogens (tertiary/aromatic N) is 1. The zero-order valence-corrected chi connectivity index (χ0v) is 21.6. The van der Waals surface area contributed by atoms with E-state index < -0.39 is 5.60 Å². The van der Waals surface area contributed by atoms with Gasteiger partial charge in [0.1, 0.15) is 29.5 Å². The Hall–Kier alpha value is -3.00. The van der Waals surface area contributed by atoms with Crippen molar-refractivity contribution in [3.63, 3.8) is 0 Å². The molecule has 0 saturated heterocycles. The second-order valence-corrected chi connectivity index (χ2v) is 11.3. The van der Waals surface area contributed by atoms with E-state index in [0.29, 0.717) is 34.2 Å². The molecular weight excluding hydrogens is 464 g/mol. The maximum absolute atomic E-state index is 13.2. The molecule has 2 atom stereocenters.